The van der Waals surface area contributed by atoms with Crippen molar-refractivity contribution in [1.82, 2.24) is 4.90 Å². The number of amides is 1. The standard InChI is InChI=1S/C12H19NO4/c1-2-17-11(14)5-3-4-10-6-8-13(9-7-10)12(15)16/h3,5,10H,2,4,6-9H2,1H3,(H,15,16)/b5-3+. The Kier molecular flexibility index (Phi) is 5.52. The van der Waals surface area contributed by atoms with Gasteiger partial charge in [-0.2, -0.15) is 0 Å². The van der Waals surface area contributed by atoms with E-state index in [-0.39, 0.29) is 5.97 Å². The van der Waals surface area contributed by atoms with Crippen LogP contribution in [0.15, 0.2) is 12.2 Å². The van der Waals surface area contributed by atoms with Crippen molar-refractivity contribution < 1.29 is 19.4 Å². The van der Waals surface area contributed by atoms with Gasteiger partial charge in [0.25, 0.3) is 0 Å². The molecule has 0 aromatic carbocycles. The van der Waals surface area contributed by atoms with E-state index in [1.165, 1.54) is 11.0 Å². The molecule has 0 aliphatic carbocycles. The van der Waals surface area contributed by atoms with Crippen molar-refractivity contribution in [1.29, 1.82) is 0 Å². The molecule has 0 atom stereocenters. The topological polar surface area (TPSA) is 66.8 Å². The van der Waals surface area contributed by atoms with Crippen molar-refractivity contribution in [2.45, 2.75) is 26.2 Å². The van der Waals surface area contributed by atoms with Gasteiger partial charge in [-0.3, -0.25) is 0 Å². The molecule has 0 bridgehead atoms. The molecule has 96 valence electrons. The van der Waals surface area contributed by atoms with Crippen molar-refractivity contribution in [2.24, 2.45) is 5.92 Å². The first-order valence-corrected chi connectivity index (χ1v) is 5.94. The van der Waals surface area contributed by atoms with Crippen LogP contribution in [-0.2, 0) is 9.53 Å². The van der Waals surface area contributed by atoms with E-state index >= 15 is 0 Å². The van der Waals surface area contributed by atoms with Gasteiger partial charge in [0.2, 0.25) is 0 Å². The largest absolute Gasteiger partial charge is 0.465 e. The molecule has 1 rings (SSSR count). The molecule has 1 amide bonds. The van der Waals surface area contributed by atoms with E-state index < -0.39 is 6.09 Å². The second kappa shape index (κ2) is 6.93. The zero-order chi connectivity index (χ0) is 12.7. The molecule has 5 heteroatoms. The number of nitrogens with zero attached hydrogens (tertiary/aromatic N) is 1. The Morgan fingerprint density at radius 2 is 2.06 bits per heavy atom. The number of allylic oxidation sites excluding steroid dienone is 1. The Morgan fingerprint density at radius 1 is 1.41 bits per heavy atom. The molecule has 1 aliphatic heterocycles. The molecule has 0 aromatic heterocycles. The smallest absolute Gasteiger partial charge is 0.407 e. The third kappa shape index (κ3) is 4.89. The molecule has 1 fully saturated rings. The second-order valence-corrected chi connectivity index (χ2v) is 4.10. The van der Waals surface area contributed by atoms with Crippen LogP contribution in [0, 0.1) is 5.92 Å². The Morgan fingerprint density at radius 3 is 2.59 bits per heavy atom. The zero-order valence-electron chi connectivity index (χ0n) is 10.1. The minimum absolute atomic E-state index is 0.310. The lowest BCUT2D eigenvalue weighted by Crippen LogP contribution is -2.37. The predicted octanol–water partition coefficient (Wildman–Crippen LogP) is 1.89. The molecule has 1 aliphatic rings. The number of rotatable bonds is 4. The first-order chi connectivity index (χ1) is 8.13. The van der Waals surface area contributed by atoms with E-state index in [9.17, 15) is 9.59 Å². The van der Waals surface area contributed by atoms with E-state index in [0.717, 1.165) is 19.3 Å². The number of carbonyl (C=O) groups is 2. The zero-order valence-corrected chi connectivity index (χ0v) is 10.1. The summed E-state index contributed by atoms with van der Waals surface area (Å²) < 4.78 is 4.77. The average molecular weight is 241 g/mol. The summed E-state index contributed by atoms with van der Waals surface area (Å²) in [6.07, 6.45) is 4.96. The number of piperidine rings is 1. The van der Waals surface area contributed by atoms with Crippen LogP contribution in [-0.4, -0.2) is 41.8 Å². The van der Waals surface area contributed by atoms with Gasteiger partial charge in [0.1, 0.15) is 0 Å². The Hall–Kier alpha value is -1.52. The molecule has 1 heterocycles. The van der Waals surface area contributed by atoms with Crippen molar-refractivity contribution in [3.8, 4) is 0 Å². The summed E-state index contributed by atoms with van der Waals surface area (Å²) in [6, 6.07) is 0. The van der Waals surface area contributed by atoms with Gasteiger partial charge in [0.05, 0.1) is 6.61 Å². The highest BCUT2D eigenvalue weighted by Crippen LogP contribution is 2.20. The van der Waals surface area contributed by atoms with Gasteiger partial charge in [0.15, 0.2) is 0 Å². The second-order valence-electron chi connectivity index (χ2n) is 4.10. The molecule has 0 unspecified atom stereocenters. The number of hydrogen-bond donors (Lipinski definition) is 1. The summed E-state index contributed by atoms with van der Waals surface area (Å²) in [7, 11) is 0. The minimum Gasteiger partial charge on any atom is -0.465 e. The van der Waals surface area contributed by atoms with Gasteiger partial charge in [-0.15, -0.1) is 0 Å². The summed E-state index contributed by atoms with van der Waals surface area (Å²) in [4.78, 5) is 23.2. The molecule has 0 saturated carbocycles. The van der Waals surface area contributed by atoms with E-state index in [0.29, 0.717) is 25.6 Å². The molecular weight excluding hydrogens is 222 g/mol. The third-order valence-electron chi connectivity index (χ3n) is 2.89. The maximum Gasteiger partial charge on any atom is 0.407 e. The maximum absolute atomic E-state index is 11.0. The van der Waals surface area contributed by atoms with Crippen LogP contribution < -0.4 is 0 Å². The monoisotopic (exact) mass is 241 g/mol. The van der Waals surface area contributed by atoms with E-state index in [1.54, 1.807) is 6.92 Å². The Bertz CT molecular complexity index is 293. The molecule has 0 spiro atoms. The molecule has 1 N–H and O–H groups in total. The summed E-state index contributed by atoms with van der Waals surface area (Å²) in [5.74, 6) is 0.159. The number of hydrogen-bond acceptors (Lipinski definition) is 3. The summed E-state index contributed by atoms with van der Waals surface area (Å²) in [6.45, 7) is 3.34. The van der Waals surface area contributed by atoms with Crippen LogP contribution in [0.25, 0.3) is 0 Å². The van der Waals surface area contributed by atoms with Gasteiger partial charge in [-0.25, -0.2) is 9.59 Å². The highest BCUT2D eigenvalue weighted by molar-refractivity contribution is 5.81. The third-order valence-corrected chi connectivity index (χ3v) is 2.89. The molecule has 0 radical (unpaired) electrons. The van der Waals surface area contributed by atoms with Crippen LogP contribution >= 0.6 is 0 Å². The van der Waals surface area contributed by atoms with Crippen molar-refractivity contribution in [3.05, 3.63) is 12.2 Å². The highest BCUT2D eigenvalue weighted by Gasteiger charge is 2.21. The lowest BCUT2D eigenvalue weighted by molar-refractivity contribution is -0.137. The van der Waals surface area contributed by atoms with Crippen molar-refractivity contribution in [3.63, 3.8) is 0 Å². The van der Waals surface area contributed by atoms with E-state index in [2.05, 4.69) is 0 Å². The van der Waals surface area contributed by atoms with Crippen molar-refractivity contribution >= 4 is 12.1 Å². The normalized spacial score (nSPS) is 17.4. The average Bonchev–Trinajstić information content (AvgIpc) is 2.30. The quantitative estimate of drug-likeness (QED) is 0.603. The van der Waals surface area contributed by atoms with Crippen molar-refractivity contribution in [2.75, 3.05) is 19.7 Å². The van der Waals surface area contributed by atoms with E-state index in [4.69, 9.17) is 9.84 Å². The number of carbonyl (C=O) groups excluding carboxylic acids is 1. The molecule has 0 aromatic rings. The summed E-state index contributed by atoms with van der Waals surface area (Å²) >= 11 is 0. The first kappa shape index (κ1) is 13.5. The fourth-order valence-electron chi connectivity index (χ4n) is 1.91. The lowest BCUT2D eigenvalue weighted by atomic mass is 9.93. The SMILES string of the molecule is CCOC(=O)/C=C/CC1CCN(C(=O)O)CC1. The minimum atomic E-state index is -0.842. The molecule has 17 heavy (non-hydrogen) atoms. The highest BCUT2D eigenvalue weighted by atomic mass is 16.5. The van der Waals surface area contributed by atoms with Gasteiger partial charge in [-0.1, -0.05) is 6.08 Å². The van der Waals surface area contributed by atoms with Gasteiger partial charge < -0.3 is 14.7 Å². The Labute approximate surface area is 101 Å². The van der Waals surface area contributed by atoms with Crippen LogP contribution in [0.5, 0.6) is 0 Å². The number of ether oxygens (including phenoxy) is 1. The number of likely N-dealkylation sites (tertiary alicyclic amines) is 1. The first-order valence-electron chi connectivity index (χ1n) is 5.94. The predicted molar refractivity (Wildman–Crippen MR) is 62.7 cm³/mol. The van der Waals surface area contributed by atoms with Gasteiger partial charge in [0, 0.05) is 19.2 Å². The number of carboxylic acid groups (broad SMARTS) is 1. The van der Waals surface area contributed by atoms with Gasteiger partial charge in [-0.05, 0) is 32.1 Å². The van der Waals surface area contributed by atoms with Gasteiger partial charge >= 0.3 is 12.1 Å². The Balaban J connectivity index is 2.22. The summed E-state index contributed by atoms with van der Waals surface area (Å²) in [5, 5.41) is 8.78. The van der Waals surface area contributed by atoms with Crippen LogP contribution in [0.3, 0.4) is 0 Å². The molecular formula is C12H19NO4. The molecule has 1 saturated heterocycles. The van der Waals surface area contributed by atoms with Crippen LogP contribution in [0.2, 0.25) is 0 Å². The molecule has 5 nitrogen and oxygen atoms in total. The summed E-state index contributed by atoms with van der Waals surface area (Å²) in [5.41, 5.74) is 0. The maximum atomic E-state index is 11.0. The van der Waals surface area contributed by atoms with E-state index in [1.807, 2.05) is 6.08 Å². The fourth-order valence-corrected chi connectivity index (χ4v) is 1.91. The number of esters is 1. The fraction of sp³-hybridized carbons (Fsp3) is 0.667. The van der Waals surface area contributed by atoms with Crippen LogP contribution in [0.4, 0.5) is 4.79 Å². The lowest BCUT2D eigenvalue weighted by Gasteiger charge is -2.29. The van der Waals surface area contributed by atoms with Crippen LogP contribution in [0.1, 0.15) is 26.2 Å².